The number of hydrogen-bond donors (Lipinski definition) is 1. The fourth-order valence-corrected chi connectivity index (χ4v) is 5.86. The number of allylic oxidation sites excluding steroid dienone is 3. The first-order valence-corrected chi connectivity index (χ1v) is 12.5. The van der Waals surface area contributed by atoms with Crippen molar-refractivity contribution in [1.82, 2.24) is 0 Å². The molecule has 0 aromatic carbocycles. The Labute approximate surface area is 192 Å². The van der Waals surface area contributed by atoms with Crippen LogP contribution >= 0.6 is 0 Å². The summed E-state index contributed by atoms with van der Waals surface area (Å²) in [5.41, 5.74) is 1.30. The van der Waals surface area contributed by atoms with Crippen LogP contribution in [0.2, 0.25) is 0 Å². The summed E-state index contributed by atoms with van der Waals surface area (Å²) >= 11 is 0. The Hall–Kier alpha value is -1.21. The standard InChI is InChI=1S/C26H40O6/c1-5-17(3)25(28)31-23-13-16(2)12-19-7-6-18(4)22(24(19)23)9-8-21-14-20(27)15-26(32-21)29-10-11-30-26/h6-7,12,16-18,20-24,27H,5,8-11,13-15H2,1-4H3/t16-,17-,18-,20+,21?,22-,23-,24-/m0/s1. The van der Waals surface area contributed by atoms with Gasteiger partial charge in [-0.15, -0.1) is 0 Å². The van der Waals surface area contributed by atoms with Crippen molar-refractivity contribution in [3.63, 3.8) is 0 Å². The summed E-state index contributed by atoms with van der Waals surface area (Å²) < 4.78 is 23.7. The van der Waals surface area contributed by atoms with E-state index < -0.39 is 12.1 Å². The Morgan fingerprint density at radius 2 is 2.00 bits per heavy atom. The van der Waals surface area contributed by atoms with Crippen LogP contribution < -0.4 is 0 Å². The molecular formula is C26H40O6. The van der Waals surface area contributed by atoms with Gasteiger partial charge in [0, 0.05) is 12.3 Å². The number of rotatable bonds is 6. The summed E-state index contributed by atoms with van der Waals surface area (Å²) in [5.74, 6) is 0.121. The molecule has 180 valence electrons. The van der Waals surface area contributed by atoms with Gasteiger partial charge in [-0.25, -0.2) is 0 Å². The average Bonchev–Trinajstić information content (AvgIpc) is 3.18. The maximum atomic E-state index is 12.7. The molecule has 0 amide bonds. The van der Waals surface area contributed by atoms with E-state index in [0.29, 0.717) is 43.8 Å². The molecule has 0 saturated carbocycles. The number of ether oxygens (including phenoxy) is 4. The van der Waals surface area contributed by atoms with Gasteiger partial charge in [-0.1, -0.05) is 45.9 Å². The second-order valence-electron chi connectivity index (χ2n) is 10.4. The van der Waals surface area contributed by atoms with E-state index in [9.17, 15) is 9.90 Å². The van der Waals surface area contributed by atoms with Crippen molar-refractivity contribution in [1.29, 1.82) is 0 Å². The zero-order chi connectivity index (χ0) is 22.9. The molecule has 32 heavy (non-hydrogen) atoms. The largest absolute Gasteiger partial charge is 0.461 e. The number of carbonyl (C=O) groups excluding carboxylic acids is 1. The first-order valence-electron chi connectivity index (χ1n) is 12.5. The Bertz CT molecular complexity index is 724. The van der Waals surface area contributed by atoms with Crippen LogP contribution in [0.4, 0.5) is 0 Å². The van der Waals surface area contributed by atoms with Gasteiger partial charge in [-0.2, -0.15) is 0 Å². The predicted molar refractivity (Wildman–Crippen MR) is 120 cm³/mol. The highest BCUT2D eigenvalue weighted by Gasteiger charge is 2.47. The lowest BCUT2D eigenvalue weighted by molar-refractivity contribution is -0.376. The smallest absolute Gasteiger partial charge is 0.308 e. The van der Waals surface area contributed by atoms with Gasteiger partial charge >= 0.3 is 5.97 Å². The quantitative estimate of drug-likeness (QED) is 0.608. The molecule has 4 aliphatic rings. The third-order valence-corrected chi connectivity index (χ3v) is 7.79. The van der Waals surface area contributed by atoms with Crippen LogP contribution in [0.15, 0.2) is 23.8 Å². The molecular weight excluding hydrogens is 408 g/mol. The molecule has 0 aromatic heterocycles. The first kappa shape index (κ1) is 23.9. The van der Waals surface area contributed by atoms with Gasteiger partial charge in [-0.05, 0) is 49.0 Å². The minimum Gasteiger partial charge on any atom is -0.461 e. The molecule has 1 unspecified atom stereocenters. The van der Waals surface area contributed by atoms with E-state index in [4.69, 9.17) is 18.9 Å². The lowest BCUT2D eigenvalue weighted by Crippen LogP contribution is -2.47. The van der Waals surface area contributed by atoms with Crippen LogP contribution in [0.25, 0.3) is 0 Å². The van der Waals surface area contributed by atoms with E-state index in [1.54, 1.807) is 0 Å². The van der Waals surface area contributed by atoms with E-state index in [-0.39, 0.29) is 30.0 Å². The lowest BCUT2D eigenvalue weighted by Gasteiger charge is -2.44. The molecule has 2 heterocycles. The van der Waals surface area contributed by atoms with Crippen molar-refractivity contribution in [3.05, 3.63) is 23.8 Å². The number of aliphatic hydroxyl groups is 1. The van der Waals surface area contributed by atoms with Gasteiger partial charge in [0.2, 0.25) is 0 Å². The van der Waals surface area contributed by atoms with Crippen LogP contribution in [-0.2, 0) is 23.7 Å². The molecule has 1 spiro atoms. The van der Waals surface area contributed by atoms with E-state index in [2.05, 4.69) is 32.1 Å². The molecule has 1 N–H and O–H groups in total. The molecule has 6 nitrogen and oxygen atoms in total. The highest BCUT2D eigenvalue weighted by Crippen LogP contribution is 2.46. The fourth-order valence-electron chi connectivity index (χ4n) is 5.86. The highest BCUT2D eigenvalue weighted by molar-refractivity contribution is 5.72. The number of aliphatic hydroxyl groups excluding tert-OH is 1. The van der Waals surface area contributed by atoms with Crippen molar-refractivity contribution < 1.29 is 28.8 Å². The van der Waals surface area contributed by atoms with Crippen LogP contribution in [0.5, 0.6) is 0 Å². The minimum absolute atomic E-state index is 0.0746. The Morgan fingerprint density at radius 3 is 2.72 bits per heavy atom. The summed E-state index contributed by atoms with van der Waals surface area (Å²) in [4.78, 5) is 12.7. The van der Waals surface area contributed by atoms with Gasteiger partial charge in [0.25, 0.3) is 5.97 Å². The second-order valence-corrected chi connectivity index (χ2v) is 10.4. The lowest BCUT2D eigenvalue weighted by atomic mass is 9.65. The second kappa shape index (κ2) is 9.96. The molecule has 2 saturated heterocycles. The van der Waals surface area contributed by atoms with Crippen molar-refractivity contribution in [2.75, 3.05) is 13.2 Å². The number of hydrogen-bond acceptors (Lipinski definition) is 6. The molecule has 6 heteroatoms. The van der Waals surface area contributed by atoms with Crippen LogP contribution in [-0.4, -0.2) is 48.6 Å². The molecule has 2 aliphatic heterocycles. The van der Waals surface area contributed by atoms with E-state index >= 15 is 0 Å². The summed E-state index contributed by atoms with van der Waals surface area (Å²) in [6.45, 7) is 9.43. The summed E-state index contributed by atoms with van der Waals surface area (Å²) in [6.07, 6.45) is 10.6. The molecule has 4 rings (SSSR count). The van der Waals surface area contributed by atoms with Crippen molar-refractivity contribution in [2.45, 2.75) is 90.5 Å². The number of carbonyl (C=O) groups is 1. The normalized spacial score (nSPS) is 39.4. The van der Waals surface area contributed by atoms with Gasteiger partial charge in [0.05, 0.1) is 37.8 Å². The van der Waals surface area contributed by atoms with Crippen LogP contribution in [0.3, 0.4) is 0 Å². The fraction of sp³-hybridized carbons (Fsp3) is 0.808. The van der Waals surface area contributed by atoms with Crippen molar-refractivity contribution >= 4 is 5.97 Å². The Kier molecular flexibility index (Phi) is 7.45. The molecule has 0 radical (unpaired) electrons. The zero-order valence-corrected chi connectivity index (χ0v) is 20.0. The summed E-state index contributed by atoms with van der Waals surface area (Å²) in [5, 5.41) is 10.4. The highest BCUT2D eigenvalue weighted by atomic mass is 16.9. The molecule has 8 atom stereocenters. The molecule has 0 aromatic rings. The minimum atomic E-state index is -1.07. The topological polar surface area (TPSA) is 74.2 Å². The van der Waals surface area contributed by atoms with Gasteiger partial charge in [0.15, 0.2) is 0 Å². The van der Waals surface area contributed by atoms with Gasteiger partial charge < -0.3 is 24.1 Å². The van der Waals surface area contributed by atoms with E-state index in [1.807, 2.05) is 13.8 Å². The Balaban J connectivity index is 1.47. The Morgan fingerprint density at radius 1 is 1.25 bits per heavy atom. The maximum Gasteiger partial charge on any atom is 0.308 e. The third kappa shape index (κ3) is 5.14. The van der Waals surface area contributed by atoms with E-state index in [1.165, 1.54) is 5.57 Å². The van der Waals surface area contributed by atoms with Gasteiger partial charge in [0.1, 0.15) is 6.10 Å². The van der Waals surface area contributed by atoms with E-state index in [0.717, 1.165) is 25.7 Å². The maximum absolute atomic E-state index is 12.7. The number of esters is 1. The SMILES string of the molecule is CC[C@H](C)C(=O)O[C@H]1C[C@@H](C)C=C2C=C[C@H](C)[C@H](CCC3C[C@@H](O)CC4(OCCO4)O3)[C@H]21. The first-order chi connectivity index (χ1) is 15.3. The molecule has 2 aliphatic carbocycles. The van der Waals surface area contributed by atoms with Crippen LogP contribution in [0.1, 0.15) is 66.2 Å². The van der Waals surface area contributed by atoms with Gasteiger partial charge in [-0.3, -0.25) is 4.79 Å². The predicted octanol–water partition coefficient (Wildman–Crippen LogP) is 4.37. The third-order valence-electron chi connectivity index (χ3n) is 7.79. The monoisotopic (exact) mass is 448 g/mol. The number of fused-ring (bicyclic) bond motifs is 1. The summed E-state index contributed by atoms with van der Waals surface area (Å²) in [6, 6.07) is 0. The van der Waals surface area contributed by atoms with Crippen molar-refractivity contribution in [2.24, 2.45) is 29.6 Å². The summed E-state index contributed by atoms with van der Waals surface area (Å²) in [7, 11) is 0. The average molecular weight is 449 g/mol. The zero-order valence-electron chi connectivity index (χ0n) is 20.0. The molecule has 2 fully saturated rings. The van der Waals surface area contributed by atoms with Crippen molar-refractivity contribution in [3.8, 4) is 0 Å². The molecule has 0 bridgehead atoms. The van der Waals surface area contributed by atoms with Crippen LogP contribution in [0, 0.1) is 29.6 Å².